The van der Waals surface area contributed by atoms with Gasteiger partial charge in [-0.2, -0.15) is 0 Å². The van der Waals surface area contributed by atoms with Crippen molar-refractivity contribution in [1.82, 2.24) is 10.3 Å². The van der Waals surface area contributed by atoms with E-state index in [1.807, 2.05) is 18.2 Å². The van der Waals surface area contributed by atoms with Gasteiger partial charge in [0.15, 0.2) is 0 Å². The zero-order valence-corrected chi connectivity index (χ0v) is 13.5. The summed E-state index contributed by atoms with van der Waals surface area (Å²) in [6, 6.07) is 5.91. The number of carbonyl (C=O) groups is 1. The first-order chi connectivity index (χ1) is 10.1. The quantitative estimate of drug-likeness (QED) is 0.901. The molecule has 3 heteroatoms. The topological polar surface area (TPSA) is 42.0 Å². The van der Waals surface area contributed by atoms with Crippen molar-refractivity contribution in [1.29, 1.82) is 0 Å². The molecule has 0 spiro atoms. The Kier molecular flexibility index (Phi) is 5.77. The molecular weight excluding hydrogens is 260 g/mol. The molecule has 2 rings (SSSR count). The molecule has 1 N–H and O–H groups in total. The normalized spacial score (nSPS) is 25.8. The Balaban J connectivity index is 1.85. The fourth-order valence-corrected chi connectivity index (χ4v) is 3.49. The maximum atomic E-state index is 12.5. The molecule has 3 atom stereocenters. The van der Waals surface area contributed by atoms with E-state index in [2.05, 4.69) is 31.1 Å². The third-order valence-electron chi connectivity index (χ3n) is 4.77. The number of hydrogen-bond acceptors (Lipinski definition) is 2. The van der Waals surface area contributed by atoms with Gasteiger partial charge in [-0.3, -0.25) is 9.78 Å². The van der Waals surface area contributed by atoms with Gasteiger partial charge in [0.05, 0.1) is 0 Å². The van der Waals surface area contributed by atoms with E-state index in [0.29, 0.717) is 24.3 Å². The second kappa shape index (κ2) is 7.58. The van der Waals surface area contributed by atoms with Crippen molar-refractivity contribution in [2.45, 2.75) is 46.5 Å². The van der Waals surface area contributed by atoms with Crippen LogP contribution in [0.4, 0.5) is 0 Å². The van der Waals surface area contributed by atoms with E-state index >= 15 is 0 Å². The van der Waals surface area contributed by atoms with Crippen molar-refractivity contribution in [3.8, 4) is 0 Å². The highest BCUT2D eigenvalue weighted by molar-refractivity contribution is 5.79. The third-order valence-corrected chi connectivity index (χ3v) is 4.77. The lowest BCUT2D eigenvalue weighted by molar-refractivity contribution is -0.129. The van der Waals surface area contributed by atoms with Crippen LogP contribution >= 0.6 is 0 Å². The average Bonchev–Trinajstić information content (AvgIpc) is 2.47. The summed E-state index contributed by atoms with van der Waals surface area (Å²) in [5, 5.41) is 3.13. The molecule has 0 radical (unpaired) electrons. The Bertz CT molecular complexity index is 444. The number of pyridine rings is 1. The fourth-order valence-electron chi connectivity index (χ4n) is 3.49. The monoisotopic (exact) mass is 288 g/mol. The largest absolute Gasteiger partial charge is 0.355 e. The highest BCUT2D eigenvalue weighted by Crippen LogP contribution is 2.37. The van der Waals surface area contributed by atoms with E-state index in [1.165, 1.54) is 12.8 Å². The zero-order valence-electron chi connectivity index (χ0n) is 13.5. The van der Waals surface area contributed by atoms with Gasteiger partial charge < -0.3 is 5.32 Å². The molecule has 1 saturated carbocycles. The molecule has 1 aliphatic carbocycles. The summed E-state index contributed by atoms with van der Waals surface area (Å²) < 4.78 is 0. The Hall–Kier alpha value is -1.38. The van der Waals surface area contributed by atoms with E-state index in [4.69, 9.17) is 0 Å². The number of aromatic nitrogens is 1. The lowest BCUT2D eigenvalue weighted by Crippen LogP contribution is -2.40. The van der Waals surface area contributed by atoms with Crippen LogP contribution in [-0.2, 0) is 11.2 Å². The van der Waals surface area contributed by atoms with Crippen LogP contribution in [0.1, 0.15) is 45.7 Å². The Morgan fingerprint density at radius 2 is 2.19 bits per heavy atom. The lowest BCUT2D eigenvalue weighted by atomic mass is 9.70. The van der Waals surface area contributed by atoms with Crippen LogP contribution in [0.15, 0.2) is 24.4 Å². The van der Waals surface area contributed by atoms with E-state index < -0.39 is 0 Å². The molecule has 1 fully saturated rings. The average molecular weight is 288 g/mol. The van der Waals surface area contributed by atoms with Crippen molar-refractivity contribution < 1.29 is 4.79 Å². The minimum atomic E-state index is 0.192. The van der Waals surface area contributed by atoms with Crippen molar-refractivity contribution in [2.24, 2.45) is 23.7 Å². The Morgan fingerprint density at radius 1 is 1.38 bits per heavy atom. The summed E-state index contributed by atoms with van der Waals surface area (Å²) in [4.78, 5) is 16.8. The zero-order chi connectivity index (χ0) is 15.2. The third kappa shape index (κ3) is 4.55. The van der Waals surface area contributed by atoms with Crippen LogP contribution in [0.3, 0.4) is 0 Å². The van der Waals surface area contributed by atoms with Gasteiger partial charge in [0.1, 0.15) is 0 Å². The van der Waals surface area contributed by atoms with Gasteiger partial charge >= 0.3 is 0 Å². The molecule has 1 aromatic heterocycles. The molecule has 1 amide bonds. The van der Waals surface area contributed by atoms with Crippen LogP contribution in [0.5, 0.6) is 0 Å². The van der Waals surface area contributed by atoms with Crippen LogP contribution in [0.25, 0.3) is 0 Å². The summed E-state index contributed by atoms with van der Waals surface area (Å²) in [5.41, 5.74) is 1.04. The predicted molar refractivity (Wildman–Crippen MR) is 85.8 cm³/mol. The standard InChI is InChI=1S/C18H28N2O/c1-13(2)16-8-7-14(3)12-17(16)18(21)20-11-9-15-6-4-5-10-19-15/h4-6,10,13-14,16-17H,7-9,11-12H2,1-3H3,(H,20,21)/t14-,16+,17-/m1/s1. The molecule has 1 heterocycles. The number of rotatable bonds is 5. The van der Waals surface area contributed by atoms with Crippen molar-refractivity contribution in [2.75, 3.05) is 6.54 Å². The first kappa shape index (κ1) is 16.0. The molecule has 3 nitrogen and oxygen atoms in total. The van der Waals surface area contributed by atoms with Gasteiger partial charge in [-0.1, -0.05) is 33.3 Å². The number of amides is 1. The summed E-state index contributed by atoms with van der Waals surface area (Å²) in [5.74, 6) is 2.24. The van der Waals surface area contributed by atoms with Gasteiger partial charge in [-0.05, 0) is 42.7 Å². The number of hydrogen-bond donors (Lipinski definition) is 1. The minimum Gasteiger partial charge on any atom is -0.355 e. The summed E-state index contributed by atoms with van der Waals surface area (Å²) in [6.07, 6.45) is 6.10. The second-order valence-corrected chi connectivity index (χ2v) is 6.79. The SMILES string of the molecule is CC(C)[C@@H]1CC[C@@H](C)C[C@H]1C(=O)NCCc1ccccn1. The molecule has 0 saturated heterocycles. The predicted octanol–water partition coefficient (Wildman–Crippen LogP) is 3.45. The summed E-state index contributed by atoms with van der Waals surface area (Å²) in [7, 11) is 0. The van der Waals surface area contributed by atoms with E-state index in [-0.39, 0.29) is 11.8 Å². The fraction of sp³-hybridized carbons (Fsp3) is 0.667. The van der Waals surface area contributed by atoms with Gasteiger partial charge in [0.25, 0.3) is 0 Å². The van der Waals surface area contributed by atoms with Crippen LogP contribution in [0, 0.1) is 23.7 Å². The van der Waals surface area contributed by atoms with Crippen LogP contribution in [-0.4, -0.2) is 17.4 Å². The van der Waals surface area contributed by atoms with Gasteiger partial charge in [-0.15, -0.1) is 0 Å². The van der Waals surface area contributed by atoms with Gasteiger partial charge in [0, 0.05) is 30.8 Å². The van der Waals surface area contributed by atoms with E-state index in [1.54, 1.807) is 6.20 Å². The number of nitrogens with zero attached hydrogens (tertiary/aromatic N) is 1. The lowest BCUT2D eigenvalue weighted by Gasteiger charge is -2.36. The maximum absolute atomic E-state index is 12.5. The van der Waals surface area contributed by atoms with Crippen LogP contribution in [0.2, 0.25) is 0 Å². The Morgan fingerprint density at radius 3 is 2.86 bits per heavy atom. The highest BCUT2D eigenvalue weighted by Gasteiger charge is 2.35. The molecule has 1 aliphatic rings. The number of carbonyl (C=O) groups excluding carboxylic acids is 1. The minimum absolute atomic E-state index is 0.192. The van der Waals surface area contributed by atoms with Crippen molar-refractivity contribution in [3.05, 3.63) is 30.1 Å². The molecule has 21 heavy (non-hydrogen) atoms. The molecule has 0 aliphatic heterocycles. The molecule has 0 unspecified atom stereocenters. The van der Waals surface area contributed by atoms with Crippen LogP contribution < -0.4 is 5.32 Å². The summed E-state index contributed by atoms with van der Waals surface area (Å²) in [6.45, 7) is 7.44. The first-order valence-electron chi connectivity index (χ1n) is 8.25. The van der Waals surface area contributed by atoms with Gasteiger partial charge in [0.2, 0.25) is 5.91 Å². The van der Waals surface area contributed by atoms with Gasteiger partial charge in [-0.25, -0.2) is 0 Å². The molecular formula is C18H28N2O. The first-order valence-corrected chi connectivity index (χ1v) is 8.25. The van der Waals surface area contributed by atoms with Crippen molar-refractivity contribution in [3.63, 3.8) is 0 Å². The van der Waals surface area contributed by atoms with E-state index in [9.17, 15) is 4.79 Å². The van der Waals surface area contributed by atoms with E-state index in [0.717, 1.165) is 18.5 Å². The Labute approximate surface area is 128 Å². The molecule has 0 bridgehead atoms. The molecule has 0 aromatic carbocycles. The molecule has 1 aromatic rings. The van der Waals surface area contributed by atoms with Crippen molar-refractivity contribution >= 4 is 5.91 Å². The second-order valence-electron chi connectivity index (χ2n) is 6.79. The highest BCUT2D eigenvalue weighted by atomic mass is 16.1. The number of nitrogens with one attached hydrogen (secondary N) is 1. The smallest absolute Gasteiger partial charge is 0.223 e. The maximum Gasteiger partial charge on any atom is 0.223 e. The summed E-state index contributed by atoms with van der Waals surface area (Å²) >= 11 is 0. The molecule has 116 valence electrons.